The minimum Gasteiger partial charge on any atom is -0.371 e. The monoisotopic (exact) mass is 444 g/mol. The highest BCUT2D eigenvalue weighted by atomic mass is 35.5. The Hall–Kier alpha value is -2.52. The second kappa shape index (κ2) is 7.38. The minimum atomic E-state index is -0.258. The number of benzene rings is 2. The fourth-order valence-electron chi connectivity index (χ4n) is 3.64. The van der Waals surface area contributed by atoms with Gasteiger partial charge in [-0.05, 0) is 13.3 Å². The molecule has 2 heterocycles. The van der Waals surface area contributed by atoms with E-state index in [0.717, 1.165) is 12.0 Å². The molecule has 2 aromatic carbocycles. The Morgan fingerprint density at radius 3 is 2.48 bits per heavy atom. The maximum atomic E-state index is 13.6. The number of nitrogens with zero attached hydrogens (tertiary/aromatic N) is 2. The number of fused-ring (bicyclic) bond motifs is 2. The van der Waals surface area contributed by atoms with Crippen LogP contribution in [0.1, 0.15) is 33.5 Å². The van der Waals surface area contributed by atoms with Gasteiger partial charge in [-0.3, -0.25) is 10.2 Å². The number of carbonyl (C=O) groups excluding carboxylic acids is 1. The Bertz CT molecular complexity index is 1290. The van der Waals surface area contributed by atoms with Crippen LogP contribution in [0.25, 0.3) is 10.8 Å². The zero-order valence-electron chi connectivity index (χ0n) is 15.4. The molecule has 0 fully saturated rings. The van der Waals surface area contributed by atoms with E-state index >= 15 is 0 Å². The summed E-state index contributed by atoms with van der Waals surface area (Å²) in [7, 11) is 0. The van der Waals surface area contributed by atoms with Gasteiger partial charge in [0.05, 0.1) is 26.2 Å². The number of hydrogen-bond acceptors (Lipinski definition) is 4. The molecule has 2 N–H and O–H groups in total. The third-order valence-electron chi connectivity index (χ3n) is 5.09. The van der Waals surface area contributed by atoms with Gasteiger partial charge in [-0.1, -0.05) is 64.6 Å². The van der Waals surface area contributed by atoms with Gasteiger partial charge in [0, 0.05) is 29.4 Å². The molecule has 1 aliphatic heterocycles. The third kappa shape index (κ3) is 3.00. The van der Waals surface area contributed by atoms with E-state index in [4.69, 9.17) is 40.2 Å². The van der Waals surface area contributed by atoms with Crippen LogP contribution in [0.3, 0.4) is 0 Å². The van der Waals surface area contributed by atoms with Crippen molar-refractivity contribution in [2.24, 2.45) is 0 Å². The summed E-state index contributed by atoms with van der Waals surface area (Å²) < 4.78 is 1.70. The van der Waals surface area contributed by atoms with Crippen molar-refractivity contribution in [2.75, 3.05) is 11.9 Å². The van der Waals surface area contributed by atoms with Crippen LogP contribution in [0.2, 0.25) is 15.1 Å². The van der Waals surface area contributed by atoms with Crippen molar-refractivity contribution in [2.45, 2.75) is 19.9 Å². The van der Waals surface area contributed by atoms with Crippen LogP contribution in [0.5, 0.6) is 0 Å². The second-order valence-corrected chi connectivity index (χ2v) is 8.01. The smallest absolute Gasteiger partial charge is 0.197 e. The largest absolute Gasteiger partial charge is 0.371 e. The molecule has 1 aliphatic rings. The second-order valence-electron chi connectivity index (χ2n) is 6.88. The Kier molecular flexibility index (Phi) is 5.04. The summed E-state index contributed by atoms with van der Waals surface area (Å²) in [5.74, 6) is 0.255. The van der Waals surface area contributed by atoms with Crippen LogP contribution in [0.4, 0.5) is 5.82 Å². The van der Waals surface area contributed by atoms with Crippen molar-refractivity contribution >= 4 is 57.2 Å². The van der Waals surface area contributed by atoms with E-state index in [1.54, 1.807) is 16.7 Å². The highest BCUT2D eigenvalue weighted by molar-refractivity contribution is 6.50. The Morgan fingerprint density at radius 1 is 1.14 bits per heavy atom. The number of carbonyl (C=O) groups is 1. The number of aryl methyl sites for hydroxylation is 1. The molecule has 0 bridgehead atoms. The highest BCUT2D eigenvalue weighted by Gasteiger charge is 2.29. The van der Waals surface area contributed by atoms with E-state index in [-0.39, 0.29) is 42.7 Å². The molecule has 0 amide bonds. The van der Waals surface area contributed by atoms with Crippen LogP contribution in [-0.2, 0) is 6.54 Å². The summed E-state index contributed by atoms with van der Waals surface area (Å²) in [6.07, 6.45) is 0.789. The number of pyridine rings is 1. The molecule has 5 nitrogen and oxygen atoms in total. The van der Waals surface area contributed by atoms with Crippen molar-refractivity contribution in [3.05, 3.63) is 67.1 Å². The summed E-state index contributed by atoms with van der Waals surface area (Å²) in [5.41, 5.74) is 1.90. The predicted molar refractivity (Wildman–Crippen MR) is 115 cm³/mol. The van der Waals surface area contributed by atoms with Crippen molar-refractivity contribution in [1.29, 1.82) is 10.7 Å². The summed E-state index contributed by atoms with van der Waals surface area (Å²) in [5, 5.41) is 22.0. The van der Waals surface area contributed by atoms with Crippen molar-refractivity contribution < 1.29 is 4.79 Å². The molecule has 0 saturated carbocycles. The maximum Gasteiger partial charge on any atom is 0.197 e. The summed E-state index contributed by atoms with van der Waals surface area (Å²) in [4.78, 5) is 13.6. The number of rotatable bonds is 2. The SMILES string of the molecule is Cc1ccc(C(=O)c2c3n(c(=N)c4c(Cl)c(C#N)c(Cl)c(Cl)c24)CCCN3)cc1. The molecule has 3 aromatic rings. The Labute approximate surface area is 181 Å². The maximum absolute atomic E-state index is 13.6. The van der Waals surface area contributed by atoms with Crippen LogP contribution < -0.4 is 10.8 Å². The van der Waals surface area contributed by atoms with Crippen LogP contribution >= 0.6 is 34.8 Å². The van der Waals surface area contributed by atoms with Gasteiger partial charge in [0.25, 0.3) is 0 Å². The van der Waals surface area contributed by atoms with Crippen LogP contribution in [0, 0.1) is 23.7 Å². The predicted octanol–water partition coefficient (Wildman–Crippen LogP) is 5.31. The lowest BCUT2D eigenvalue weighted by Crippen LogP contribution is -2.32. The van der Waals surface area contributed by atoms with Crippen molar-refractivity contribution in [3.63, 3.8) is 0 Å². The van der Waals surface area contributed by atoms with Crippen LogP contribution in [-0.4, -0.2) is 16.9 Å². The molecular formula is C21H15Cl3N4O. The molecule has 146 valence electrons. The number of ketones is 1. The average Bonchev–Trinajstić information content (AvgIpc) is 2.72. The third-order valence-corrected chi connectivity index (χ3v) is 6.32. The first-order valence-electron chi connectivity index (χ1n) is 8.93. The number of aromatic nitrogens is 1. The zero-order valence-corrected chi connectivity index (χ0v) is 17.6. The highest BCUT2D eigenvalue weighted by Crippen LogP contribution is 2.42. The summed E-state index contributed by atoms with van der Waals surface area (Å²) >= 11 is 19.3. The number of anilines is 1. The van der Waals surface area contributed by atoms with E-state index in [1.165, 1.54) is 0 Å². The van der Waals surface area contributed by atoms with Gasteiger partial charge in [-0.2, -0.15) is 5.26 Å². The average molecular weight is 446 g/mol. The first-order valence-corrected chi connectivity index (χ1v) is 10.1. The van der Waals surface area contributed by atoms with E-state index in [2.05, 4.69) is 5.32 Å². The Morgan fingerprint density at radius 2 is 1.83 bits per heavy atom. The standard InChI is InChI=1S/C21H15Cl3N4O/c1-10-3-5-11(6-4-10)19(29)15-13-14(16(22)12(9-25)17(23)18(13)24)20(26)28-8-2-7-27-21(15)28/h3-6,26-27H,2,7-8H2,1H3. The molecule has 8 heteroatoms. The fraction of sp³-hybridized carbons (Fsp3) is 0.190. The van der Waals surface area contributed by atoms with Crippen molar-refractivity contribution in [1.82, 2.24) is 4.57 Å². The van der Waals surface area contributed by atoms with Gasteiger partial charge in [0.1, 0.15) is 17.4 Å². The van der Waals surface area contributed by atoms with Crippen LogP contribution in [0.15, 0.2) is 24.3 Å². The van der Waals surface area contributed by atoms with Crippen molar-refractivity contribution in [3.8, 4) is 6.07 Å². The summed E-state index contributed by atoms with van der Waals surface area (Å²) in [6.45, 7) is 3.15. The van der Waals surface area contributed by atoms with Gasteiger partial charge in [0.15, 0.2) is 5.78 Å². The van der Waals surface area contributed by atoms with E-state index in [9.17, 15) is 10.1 Å². The molecule has 0 radical (unpaired) electrons. The fourth-order valence-corrected chi connectivity index (χ4v) is 4.52. The number of halogens is 3. The molecule has 0 saturated heterocycles. The van der Waals surface area contributed by atoms with Gasteiger partial charge >= 0.3 is 0 Å². The molecule has 0 unspecified atom stereocenters. The molecule has 0 atom stereocenters. The first-order chi connectivity index (χ1) is 13.9. The number of hydrogen-bond donors (Lipinski definition) is 2. The molecule has 1 aromatic heterocycles. The number of nitrogens with one attached hydrogen (secondary N) is 2. The molecule has 29 heavy (non-hydrogen) atoms. The zero-order chi connectivity index (χ0) is 20.9. The topological polar surface area (TPSA) is 81.7 Å². The van der Waals surface area contributed by atoms with E-state index < -0.39 is 0 Å². The normalized spacial score (nSPS) is 12.9. The van der Waals surface area contributed by atoms with E-state index in [0.29, 0.717) is 30.0 Å². The first kappa shape index (κ1) is 19.8. The molecule has 4 rings (SSSR count). The van der Waals surface area contributed by atoms with Gasteiger partial charge in [-0.15, -0.1) is 0 Å². The lowest BCUT2D eigenvalue weighted by atomic mass is 9.95. The Balaban J connectivity index is 2.20. The quantitative estimate of drug-likeness (QED) is 0.414. The lowest BCUT2D eigenvalue weighted by Gasteiger charge is -2.26. The van der Waals surface area contributed by atoms with Gasteiger partial charge in [-0.25, -0.2) is 0 Å². The molecular weight excluding hydrogens is 431 g/mol. The molecule has 0 aliphatic carbocycles. The lowest BCUT2D eigenvalue weighted by molar-refractivity contribution is 0.104. The van der Waals surface area contributed by atoms with Gasteiger partial charge in [0.2, 0.25) is 0 Å². The molecule has 0 spiro atoms. The number of nitriles is 1. The summed E-state index contributed by atoms with van der Waals surface area (Å²) in [6, 6.07) is 9.16. The van der Waals surface area contributed by atoms with E-state index in [1.807, 2.05) is 25.1 Å². The van der Waals surface area contributed by atoms with Gasteiger partial charge < -0.3 is 9.88 Å². The minimum absolute atomic E-state index is 0.00242.